The highest BCUT2D eigenvalue weighted by Gasteiger charge is 2.11. The van der Waals surface area contributed by atoms with Gasteiger partial charge in [-0.15, -0.1) is 24.0 Å². The molecule has 0 amide bonds. The van der Waals surface area contributed by atoms with Gasteiger partial charge in [0.05, 0.1) is 19.8 Å². The minimum atomic E-state index is 0. The standard InChI is InChI=1S/C17H27N3O2.HI/c1-2-3-12-22-16-6-4-15(5-7-16)8-9-19-17(18)20-10-13-21-14-11-20;/h4-7H,2-3,8-14H2,1H3,(H2,18,19);1H. The maximum absolute atomic E-state index is 6.01. The Labute approximate surface area is 156 Å². The average Bonchev–Trinajstić information content (AvgIpc) is 2.57. The molecule has 1 heterocycles. The molecule has 0 saturated carbocycles. The third-order valence-corrected chi connectivity index (χ3v) is 3.70. The molecule has 0 unspecified atom stereocenters. The molecule has 2 rings (SSSR count). The van der Waals surface area contributed by atoms with Crippen molar-refractivity contribution in [1.82, 2.24) is 4.90 Å². The van der Waals surface area contributed by atoms with Gasteiger partial charge in [-0.2, -0.15) is 0 Å². The smallest absolute Gasteiger partial charge is 0.191 e. The first kappa shape index (κ1) is 20.0. The number of hydrogen-bond acceptors (Lipinski definition) is 3. The van der Waals surface area contributed by atoms with Crippen LogP contribution in [0.15, 0.2) is 29.3 Å². The molecule has 23 heavy (non-hydrogen) atoms. The molecule has 1 aromatic rings. The van der Waals surface area contributed by atoms with E-state index in [2.05, 4.69) is 28.9 Å². The Bertz CT molecular complexity index is 459. The predicted octanol–water partition coefficient (Wildman–Crippen LogP) is 2.67. The highest BCUT2D eigenvalue weighted by molar-refractivity contribution is 14.0. The van der Waals surface area contributed by atoms with Crippen LogP contribution in [0.4, 0.5) is 0 Å². The van der Waals surface area contributed by atoms with Gasteiger partial charge in [-0.05, 0) is 30.5 Å². The Balaban J connectivity index is 0.00000264. The van der Waals surface area contributed by atoms with E-state index in [1.54, 1.807) is 0 Å². The maximum atomic E-state index is 6.01. The number of guanidine groups is 1. The van der Waals surface area contributed by atoms with Gasteiger partial charge in [0.15, 0.2) is 5.96 Å². The lowest BCUT2D eigenvalue weighted by Crippen LogP contribution is -2.44. The van der Waals surface area contributed by atoms with Crippen molar-refractivity contribution in [3.8, 4) is 5.75 Å². The van der Waals surface area contributed by atoms with E-state index in [0.29, 0.717) is 12.5 Å². The predicted molar refractivity (Wildman–Crippen MR) is 105 cm³/mol. The summed E-state index contributed by atoms with van der Waals surface area (Å²) in [5.74, 6) is 1.57. The Hall–Kier alpha value is -1.02. The molecule has 0 bridgehead atoms. The van der Waals surface area contributed by atoms with E-state index < -0.39 is 0 Å². The molecule has 0 atom stereocenters. The van der Waals surface area contributed by atoms with E-state index >= 15 is 0 Å². The first-order chi connectivity index (χ1) is 10.8. The Morgan fingerprint density at radius 3 is 2.61 bits per heavy atom. The second kappa shape index (κ2) is 11.5. The molecule has 5 nitrogen and oxygen atoms in total. The first-order valence-electron chi connectivity index (χ1n) is 8.14. The van der Waals surface area contributed by atoms with E-state index in [1.165, 1.54) is 5.56 Å². The molecule has 0 radical (unpaired) electrons. The Morgan fingerprint density at radius 1 is 1.26 bits per heavy atom. The van der Waals surface area contributed by atoms with Crippen LogP contribution in [-0.2, 0) is 11.2 Å². The second-order valence-corrected chi connectivity index (χ2v) is 5.44. The molecule has 1 aliphatic heterocycles. The zero-order valence-electron chi connectivity index (χ0n) is 13.9. The summed E-state index contributed by atoms with van der Waals surface area (Å²) in [5.41, 5.74) is 7.26. The van der Waals surface area contributed by atoms with Crippen molar-refractivity contribution in [2.45, 2.75) is 26.2 Å². The molecule has 0 spiro atoms. The molecule has 1 aromatic carbocycles. The molecule has 2 N–H and O–H groups in total. The van der Waals surface area contributed by atoms with Crippen molar-refractivity contribution in [3.05, 3.63) is 29.8 Å². The van der Waals surface area contributed by atoms with Crippen LogP contribution in [0.2, 0.25) is 0 Å². The van der Waals surface area contributed by atoms with E-state index in [0.717, 1.165) is 57.9 Å². The number of ether oxygens (including phenoxy) is 2. The summed E-state index contributed by atoms with van der Waals surface area (Å²) in [5, 5.41) is 0. The molecule has 0 aliphatic carbocycles. The zero-order chi connectivity index (χ0) is 15.6. The molecule has 6 heteroatoms. The summed E-state index contributed by atoms with van der Waals surface area (Å²) in [7, 11) is 0. The summed E-state index contributed by atoms with van der Waals surface area (Å²) >= 11 is 0. The molecular formula is C17H28IN3O2. The molecule has 1 saturated heterocycles. The van der Waals surface area contributed by atoms with Gasteiger partial charge in [0.1, 0.15) is 5.75 Å². The lowest BCUT2D eigenvalue weighted by atomic mass is 10.1. The zero-order valence-corrected chi connectivity index (χ0v) is 16.2. The number of aliphatic imine (C=N–C) groups is 1. The van der Waals surface area contributed by atoms with Crippen LogP contribution in [0, 0.1) is 0 Å². The third kappa shape index (κ3) is 7.39. The molecule has 1 fully saturated rings. The quantitative estimate of drug-likeness (QED) is 0.311. The summed E-state index contributed by atoms with van der Waals surface area (Å²) in [4.78, 5) is 6.54. The van der Waals surface area contributed by atoms with Crippen molar-refractivity contribution in [2.24, 2.45) is 10.7 Å². The first-order valence-corrected chi connectivity index (χ1v) is 8.14. The number of benzene rings is 1. The van der Waals surface area contributed by atoms with Gasteiger partial charge in [-0.1, -0.05) is 25.5 Å². The summed E-state index contributed by atoms with van der Waals surface area (Å²) < 4.78 is 11.0. The summed E-state index contributed by atoms with van der Waals surface area (Å²) in [6, 6.07) is 8.25. The van der Waals surface area contributed by atoms with Gasteiger partial charge in [0.2, 0.25) is 0 Å². The molecule has 1 aliphatic rings. The summed E-state index contributed by atoms with van der Waals surface area (Å²) in [6.07, 6.45) is 3.14. The highest BCUT2D eigenvalue weighted by Crippen LogP contribution is 2.13. The van der Waals surface area contributed by atoms with Crippen molar-refractivity contribution in [2.75, 3.05) is 39.5 Å². The van der Waals surface area contributed by atoms with E-state index in [4.69, 9.17) is 15.2 Å². The van der Waals surface area contributed by atoms with Crippen molar-refractivity contribution >= 4 is 29.9 Å². The van der Waals surface area contributed by atoms with Crippen LogP contribution in [0.3, 0.4) is 0 Å². The average molecular weight is 433 g/mol. The van der Waals surface area contributed by atoms with Crippen molar-refractivity contribution < 1.29 is 9.47 Å². The fourth-order valence-electron chi connectivity index (χ4n) is 2.28. The largest absolute Gasteiger partial charge is 0.494 e. The number of halogens is 1. The highest BCUT2D eigenvalue weighted by atomic mass is 127. The Kier molecular flexibility index (Phi) is 10.0. The van der Waals surface area contributed by atoms with Crippen molar-refractivity contribution in [1.29, 1.82) is 0 Å². The number of nitrogens with two attached hydrogens (primary N) is 1. The van der Waals surface area contributed by atoms with Crippen LogP contribution in [0.5, 0.6) is 5.75 Å². The molecular weight excluding hydrogens is 405 g/mol. The van der Waals surface area contributed by atoms with Crippen LogP contribution in [-0.4, -0.2) is 50.3 Å². The minimum Gasteiger partial charge on any atom is -0.494 e. The normalized spacial score (nSPS) is 15.2. The lowest BCUT2D eigenvalue weighted by molar-refractivity contribution is 0.0674. The van der Waals surface area contributed by atoms with Crippen LogP contribution in [0.1, 0.15) is 25.3 Å². The van der Waals surface area contributed by atoms with Crippen molar-refractivity contribution in [3.63, 3.8) is 0 Å². The maximum Gasteiger partial charge on any atom is 0.191 e. The van der Waals surface area contributed by atoms with Crippen LogP contribution >= 0.6 is 24.0 Å². The van der Waals surface area contributed by atoms with Crippen LogP contribution < -0.4 is 10.5 Å². The van der Waals surface area contributed by atoms with E-state index in [9.17, 15) is 0 Å². The fourth-order valence-corrected chi connectivity index (χ4v) is 2.28. The number of nitrogens with zero attached hydrogens (tertiary/aromatic N) is 2. The number of hydrogen-bond donors (Lipinski definition) is 1. The van der Waals surface area contributed by atoms with Gasteiger partial charge in [-0.25, -0.2) is 0 Å². The van der Waals surface area contributed by atoms with Gasteiger partial charge in [-0.3, -0.25) is 4.99 Å². The van der Waals surface area contributed by atoms with E-state index in [-0.39, 0.29) is 24.0 Å². The van der Waals surface area contributed by atoms with Gasteiger partial charge < -0.3 is 20.1 Å². The van der Waals surface area contributed by atoms with Gasteiger partial charge >= 0.3 is 0 Å². The van der Waals surface area contributed by atoms with Crippen LogP contribution in [0.25, 0.3) is 0 Å². The number of rotatable bonds is 7. The third-order valence-electron chi connectivity index (χ3n) is 3.70. The van der Waals surface area contributed by atoms with Gasteiger partial charge in [0.25, 0.3) is 0 Å². The second-order valence-electron chi connectivity index (χ2n) is 5.44. The topological polar surface area (TPSA) is 60.1 Å². The SMILES string of the molecule is CCCCOc1ccc(CCN=C(N)N2CCOCC2)cc1.I. The fraction of sp³-hybridized carbons (Fsp3) is 0.588. The molecule has 0 aromatic heterocycles. The number of unbranched alkanes of at least 4 members (excludes halogenated alkanes) is 1. The summed E-state index contributed by atoms with van der Waals surface area (Å²) in [6.45, 7) is 6.79. The Morgan fingerprint density at radius 2 is 1.96 bits per heavy atom. The molecule has 130 valence electrons. The van der Waals surface area contributed by atoms with E-state index in [1.807, 2.05) is 12.1 Å². The monoisotopic (exact) mass is 433 g/mol. The number of morpholine rings is 1. The minimum absolute atomic E-state index is 0. The van der Waals surface area contributed by atoms with Gasteiger partial charge in [0, 0.05) is 19.6 Å². The lowest BCUT2D eigenvalue weighted by Gasteiger charge is -2.27.